The van der Waals surface area contributed by atoms with Crippen LogP contribution in [-0.4, -0.2) is 26.0 Å². The summed E-state index contributed by atoms with van der Waals surface area (Å²) in [6, 6.07) is 11.5. The van der Waals surface area contributed by atoms with E-state index in [4.69, 9.17) is 9.47 Å². The van der Waals surface area contributed by atoms with Crippen molar-refractivity contribution in [1.82, 2.24) is 0 Å². The first-order chi connectivity index (χ1) is 11.9. The van der Waals surface area contributed by atoms with Crippen LogP contribution >= 0.6 is 0 Å². The van der Waals surface area contributed by atoms with Crippen LogP contribution in [0, 0.1) is 0 Å². The van der Waals surface area contributed by atoms with Crippen molar-refractivity contribution in [1.29, 1.82) is 0 Å². The Kier molecular flexibility index (Phi) is 6.07. The van der Waals surface area contributed by atoms with E-state index in [2.05, 4.69) is 19.2 Å². The van der Waals surface area contributed by atoms with E-state index < -0.39 is 0 Å². The van der Waals surface area contributed by atoms with Crippen LogP contribution in [0.2, 0.25) is 0 Å². The third-order valence-corrected chi connectivity index (χ3v) is 4.05. The third-order valence-electron chi connectivity index (χ3n) is 4.05. The molecule has 0 spiro atoms. The molecule has 0 saturated carbocycles. The van der Waals surface area contributed by atoms with Crippen LogP contribution in [0.5, 0.6) is 11.5 Å². The molecule has 0 atom stereocenters. The lowest BCUT2D eigenvalue weighted by molar-refractivity contribution is 0.103. The number of carbonyl (C=O) groups excluding carboxylic acids is 1. The van der Waals surface area contributed by atoms with E-state index in [0.717, 1.165) is 5.69 Å². The van der Waals surface area contributed by atoms with Gasteiger partial charge in [-0.1, -0.05) is 38.1 Å². The maximum atomic E-state index is 13.1. The first kappa shape index (κ1) is 18.8. The van der Waals surface area contributed by atoms with Gasteiger partial charge in [0.15, 0.2) is 17.3 Å². The van der Waals surface area contributed by atoms with Crippen LogP contribution in [0.4, 0.5) is 5.69 Å². The zero-order chi connectivity index (χ0) is 18.6. The second kappa shape index (κ2) is 8.06. The number of methoxy groups -OCH3 is 2. The molecular formula is C21H27NO3. The lowest BCUT2D eigenvalue weighted by Gasteiger charge is -2.18. The fourth-order valence-electron chi connectivity index (χ4n) is 2.67. The zero-order valence-corrected chi connectivity index (χ0v) is 15.8. The van der Waals surface area contributed by atoms with Gasteiger partial charge in [0.2, 0.25) is 0 Å². The van der Waals surface area contributed by atoms with E-state index in [0.29, 0.717) is 28.5 Å². The lowest BCUT2D eigenvalue weighted by Crippen LogP contribution is -2.14. The molecule has 0 radical (unpaired) electrons. The molecule has 0 amide bonds. The molecule has 4 heteroatoms. The van der Waals surface area contributed by atoms with Crippen LogP contribution in [0.3, 0.4) is 0 Å². The summed E-state index contributed by atoms with van der Waals surface area (Å²) in [6.07, 6.45) is 0. The highest BCUT2D eigenvalue weighted by Crippen LogP contribution is 2.35. The maximum absolute atomic E-state index is 13.1. The van der Waals surface area contributed by atoms with Gasteiger partial charge in [0.1, 0.15) is 0 Å². The number of benzene rings is 2. The second-order valence-corrected chi connectivity index (χ2v) is 6.66. The number of anilines is 1. The topological polar surface area (TPSA) is 47.6 Å². The first-order valence-corrected chi connectivity index (χ1v) is 8.54. The van der Waals surface area contributed by atoms with Gasteiger partial charge in [-0.25, -0.2) is 0 Å². The predicted octanol–water partition coefficient (Wildman–Crippen LogP) is 4.88. The Balaban J connectivity index is 2.49. The van der Waals surface area contributed by atoms with Gasteiger partial charge in [0.25, 0.3) is 0 Å². The maximum Gasteiger partial charge on any atom is 0.195 e. The minimum absolute atomic E-state index is 0.0422. The van der Waals surface area contributed by atoms with Crippen molar-refractivity contribution >= 4 is 11.5 Å². The summed E-state index contributed by atoms with van der Waals surface area (Å²) >= 11 is 0. The summed E-state index contributed by atoms with van der Waals surface area (Å²) in [7, 11) is 3.15. The van der Waals surface area contributed by atoms with Crippen molar-refractivity contribution in [3.63, 3.8) is 0 Å². The van der Waals surface area contributed by atoms with E-state index in [1.807, 2.05) is 44.2 Å². The fourth-order valence-corrected chi connectivity index (χ4v) is 2.67. The van der Waals surface area contributed by atoms with E-state index in [1.165, 1.54) is 5.56 Å². The number of ether oxygens (including phenoxy) is 2. The van der Waals surface area contributed by atoms with Gasteiger partial charge >= 0.3 is 0 Å². The minimum atomic E-state index is -0.0422. The number of hydrogen-bond acceptors (Lipinski definition) is 4. The highest BCUT2D eigenvalue weighted by molar-refractivity contribution is 6.12. The molecule has 2 aromatic carbocycles. The molecule has 0 aliphatic carbocycles. The first-order valence-electron chi connectivity index (χ1n) is 8.54. The van der Waals surface area contributed by atoms with E-state index in [9.17, 15) is 4.79 Å². The Hall–Kier alpha value is -2.49. The molecule has 0 aliphatic heterocycles. The molecule has 0 bridgehead atoms. The van der Waals surface area contributed by atoms with Crippen LogP contribution in [-0.2, 0) is 0 Å². The summed E-state index contributed by atoms with van der Waals surface area (Å²) in [5.74, 6) is 1.53. The Morgan fingerprint density at radius 3 is 1.96 bits per heavy atom. The van der Waals surface area contributed by atoms with Gasteiger partial charge in [-0.2, -0.15) is 0 Å². The average Bonchev–Trinajstić information content (AvgIpc) is 2.60. The fraction of sp³-hybridized carbons (Fsp3) is 0.381. The largest absolute Gasteiger partial charge is 0.493 e. The van der Waals surface area contributed by atoms with Crippen molar-refractivity contribution in [2.24, 2.45) is 0 Å². The molecule has 0 aromatic heterocycles. The Labute approximate surface area is 150 Å². The van der Waals surface area contributed by atoms with Crippen LogP contribution in [0.15, 0.2) is 36.4 Å². The molecule has 0 aliphatic rings. The van der Waals surface area contributed by atoms with Crippen molar-refractivity contribution in [3.8, 4) is 11.5 Å². The molecule has 2 aromatic rings. The highest BCUT2D eigenvalue weighted by atomic mass is 16.5. The molecule has 25 heavy (non-hydrogen) atoms. The lowest BCUT2D eigenvalue weighted by atomic mass is 9.97. The number of ketones is 1. The number of carbonyl (C=O) groups is 1. The van der Waals surface area contributed by atoms with Crippen LogP contribution < -0.4 is 14.8 Å². The van der Waals surface area contributed by atoms with Gasteiger partial charge in [-0.3, -0.25) is 4.79 Å². The second-order valence-electron chi connectivity index (χ2n) is 6.66. The molecule has 0 unspecified atom stereocenters. The molecule has 2 rings (SSSR count). The van der Waals surface area contributed by atoms with Crippen LogP contribution in [0.1, 0.15) is 55.1 Å². The number of nitrogens with one attached hydrogen (secondary N) is 1. The Morgan fingerprint density at radius 1 is 0.920 bits per heavy atom. The standard InChI is InChI=1S/C21H27NO3/c1-13(2)15-7-9-16(10-8-15)21(23)17-11-19(24-5)20(25-6)12-18(17)22-14(3)4/h7-14,22H,1-6H3. The normalized spacial score (nSPS) is 10.9. The summed E-state index contributed by atoms with van der Waals surface area (Å²) < 4.78 is 10.7. The molecule has 1 N–H and O–H groups in total. The summed E-state index contributed by atoms with van der Waals surface area (Å²) in [6.45, 7) is 8.33. The van der Waals surface area contributed by atoms with Crippen molar-refractivity contribution in [2.45, 2.75) is 39.7 Å². The highest BCUT2D eigenvalue weighted by Gasteiger charge is 2.19. The summed E-state index contributed by atoms with van der Waals surface area (Å²) in [5, 5.41) is 3.32. The van der Waals surface area contributed by atoms with Gasteiger partial charge in [0.05, 0.1) is 14.2 Å². The monoisotopic (exact) mass is 341 g/mol. The predicted molar refractivity (Wildman–Crippen MR) is 102 cm³/mol. The smallest absolute Gasteiger partial charge is 0.195 e. The van der Waals surface area contributed by atoms with Crippen molar-refractivity contribution in [2.75, 3.05) is 19.5 Å². The van der Waals surface area contributed by atoms with E-state index in [-0.39, 0.29) is 11.8 Å². The summed E-state index contributed by atoms with van der Waals surface area (Å²) in [5.41, 5.74) is 3.18. The molecule has 0 saturated heterocycles. The molecule has 0 heterocycles. The van der Waals surface area contributed by atoms with E-state index >= 15 is 0 Å². The number of rotatable bonds is 7. The summed E-state index contributed by atoms with van der Waals surface area (Å²) in [4.78, 5) is 13.1. The molecule has 4 nitrogen and oxygen atoms in total. The molecule has 0 fully saturated rings. The zero-order valence-electron chi connectivity index (χ0n) is 15.8. The van der Waals surface area contributed by atoms with Gasteiger partial charge < -0.3 is 14.8 Å². The molecule has 134 valence electrons. The number of hydrogen-bond donors (Lipinski definition) is 1. The minimum Gasteiger partial charge on any atom is -0.493 e. The Bertz CT molecular complexity index is 734. The molecular weight excluding hydrogens is 314 g/mol. The van der Waals surface area contributed by atoms with Gasteiger partial charge in [-0.15, -0.1) is 0 Å². The quantitative estimate of drug-likeness (QED) is 0.729. The third kappa shape index (κ3) is 4.32. The van der Waals surface area contributed by atoms with Crippen molar-refractivity contribution < 1.29 is 14.3 Å². The SMILES string of the molecule is COc1cc(NC(C)C)c(C(=O)c2ccc(C(C)C)cc2)cc1OC. The van der Waals surface area contributed by atoms with Gasteiger partial charge in [-0.05, 0) is 31.4 Å². The van der Waals surface area contributed by atoms with Crippen LogP contribution in [0.25, 0.3) is 0 Å². The average molecular weight is 341 g/mol. The Morgan fingerprint density at radius 2 is 1.48 bits per heavy atom. The van der Waals surface area contributed by atoms with E-state index in [1.54, 1.807) is 20.3 Å². The van der Waals surface area contributed by atoms with Crippen molar-refractivity contribution in [3.05, 3.63) is 53.1 Å². The van der Waals surface area contributed by atoms with Gasteiger partial charge in [0, 0.05) is 28.9 Å².